The molecule has 0 spiro atoms. The van der Waals surface area contributed by atoms with Crippen molar-refractivity contribution in [2.24, 2.45) is 0 Å². The van der Waals surface area contributed by atoms with Crippen LogP contribution in [-0.4, -0.2) is 55.4 Å². The topological polar surface area (TPSA) is 35.9 Å². The zero-order valence-electron chi connectivity index (χ0n) is 12.1. The van der Waals surface area contributed by atoms with Crippen LogP contribution < -0.4 is 9.64 Å². The van der Waals surface area contributed by atoms with Gasteiger partial charge in [-0.25, -0.2) is 0 Å². The highest BCUT2D eigenvalue weighted by atomic mass is 16.5. The minimum absolute atomic E-state index is 0.132. The van der Waals surface area contributed by atoms with Crippen molar-refractivity contribution in [3.63, 3.8) is 0 Å². The predicted octanol–water partition coefficient (Wildman–Crippen LogP) is 1.59. The molecule has 0 atom stereocenters. The normalized spacial score (nSPS) is 17.6. The summed E-state index contributed by atoms with van der Waals surface area (Å²) >= 11 is 0. The SMILES string of the molecule is COc1ccccc1N1CCN(C(C)(C)CO)CC1. The maximum atomic E-state index is 9.44. The Kier molecular flexibility index (Phi) is 4.32. The first kappa shape index (κ1) is 14.2. The Morgan fingerprint density at radius 3 is 2.37 bits per heavy atom. The van der Waals surface area contributed by atoms with Crippen molar-refractivity contribution in [2.45, 2.75) is 19.4 Å². The molecule has 1 aliphatic heterocycles. The molecule has 2 rings (SSSR count). The van der Waals surface area contributed by atoms with E-state index in [4.69, 9.17) is 4.74 Å². The summed E-state index contributed by atoms with van der Waals surface area (Å²) in [7, 11) is 1.71. The Hall–Kier alpha value is -1.26. The van der Waals surface area contributed by atoms with Gasteiger partial charge in [0.1, 0.15) is 5.75 Å². The van der Waals surface area contributed by atoms with E-state index in [0.29, 0.717) is 0 Å². The van der Waals surface area contributed by atoms with Crippen LogP contribution in [0.2, 0.25) is 0 Å². The van der Waals surface area contributed by atoms with E-state index in [1.807, 2.05) is 18.2 Å². The molecule has 0 unspecified atom stereocenters. The van der Waals surface area contributed by atoms with Crippen LogP contribution in [-0.2, 0) is 0 Å². The molecule has 19 heavy (non-hydrogen) atoms. The number of anilines is 1. The van der Waals surface area contributed by atoms with Crippen molar-refractivity contribution in [1.29, 1.82) is 0 Å². The summed E-state index contributed by atoms with van der Waals surface area (Å²) in [5, 5.41) is 9.44. The van der Waals surface area contributed by atoms with Gasteiger partial charge in [-0.05, 0) is 26.0 Å². The number of benzene rings is 1. The molecule has 1 heterocycles. The van der Waals surface area contributed by atoms with Gasteiger partial charge >= 0.3 is 0 Å². The number of piperazine rings is 1. The number of para-hydroxylation sites is 2. The van der Waals surface area contributed by atoms with Crippen molar-refractivity contribution in [3.8, 4) is 5.75 Å². The van der Waals surface area contributed by atoms with E-state index < -0.39 is 0 Å². The molecule has 1 fully saturated rings. The van der Waals surface area contributed by atoms with E-state index in [0.717, 1.165) is 37.6 Å². The number of methoxy groups -OCH3 is 1. The molecule has 0 radical (unpaired) electrons. The van der Waals surface area contributed by atoms with Crippen LogP contribution >= 0.6 is 0 Å². The molecule has 0 bridgehead atoms. The summed E-state index contributed by atoms with van der Waals surface area (Å²) in [5.41, 5.74) is 1.03. The Balaban J connectivity index is 2.04. The number of aliphatic hydroxyl groups excluding tert-OH is 1. The second kappa shape index (κ2) is 5.80. The maximum Gasteiger partial charge on any atom is 0.142 e. The Morgan fingerprint density at radius 1 is 1.16 bits per heavy atom. The zero-order chi connectivity index (χ0) is 13.9. The summed E-state index contributed by atoms with van der Waals surface area (Å²) in [6, 6.07) is 8.14. The fraction of sp³-hybridized carbons (Fsp3) is 0.600. The van der Waals surface area contributed by atoms with E-state index >= 15 is 0 Å². The third kappa shape index (κ3) is 3.01. The van der Waals surface area contributed by atoms with Gasteiger partial charge in [0.2, 0.25) is 0 Å². The Bertz CT molecular complexity index is 412. The number of nitrogens with zero attached hydrogens (tertiary/aromatic N) is 2. The lowest BCUT2D eigenvalue weighted by molar-refractivity contribution is 0.0526. The van der Waals surface area contributed by atoms with Gasteiger partial charge < -0.3 is 14.7 Å². The van der Waals surface area contributed by atoms with Crippen LogP contribution in [0.1, 0.15) is 13.8 Å². The van der Waals surface area contributed by atoms with Gasteiger partial charge in [-0.1, -0.05) is 12.1 Å². The van der Waals surface area contributed by atoms with Gasteiger partial charge in [0.25, 0.3) is 0 Å². The molecular weight excluding hydrogens is 240 g/mol. The van der Waals surface area contributed by atoms with Crippen molar-refractivity contribution < 1.29 is 9.84 Å². The number of ether oxygens (including phenoxy) is 1. The van der Waals surface area contributed by atoms with Crippen LogP contribution in [0.3, 0.4) is 0 Å². The molecule has 106 valence electrons. The molecule has 1 aromatic rings. The standard InChI is InChI=1S/C15H24N2O2/c1-15(2,12-18)17-10-8-16(9-11-17)13-6-4-5-7-14(13)19-3/h4-7,18H,8-12H2,1-3H3. The van der Waals surface area contributed by atoms with Gasteiger partial charge in [0, 0.05) is 31.7 Å². The molecule has 1 saturated heterocycles. The Morgan fingerprint density at radius 2 is 1.79 bits per heavy atom. The fourth-order valence-corrected chi connectivity index (χ4v) is 2.54. The van der Waals surface area contributed by atoms with Crippen LogP contribution in [0.4, 0.5) is 5.69 Å². The van der Waals surface area contributed by atoms with Crippen LogP contribution in [0, 0.1) is 0 Å². The average Bonchev–Trinajstić information content (AvgIpc) is 2.47. The first-order chi connectivity index (χ1) is 9.08. The molecule has 1 aliphatic rings. The highest BCUT2D eigenvalue weighted by molar-refractivity contribution is 5.58. The quantitative estimate of drug-likeness (QED) is 0.896. The largest absolute Gasteiger partial charge is 0.495 e. The van der Waals surface area contributed by atoms with E-state index in [-0.39, 0.29) is 12.1 Å². The smallest absolute Gasteiger partial charge is 0.142 e. The summed E-state index contributed by atoms with van der Waals surface area (Å²) in [6.45, 7) is 8.23. The van der Waals surface area contributed by atoms with Crippen molar-refractivity contribution in [2.75, 3.05) is 44.8 Å². The van der Waals surface area contributed by atoms with Gasteiger partial charge in [-0.3, -0.25) is 4.90 Å². The Labute approximate surface area is 115 Å². The zero-order valence-corrected chi connectivity index (χ0v) is 12.1. The molecule has 0 aromatic heterocycles. The summed E-state index contributed by atoms with van der Waals surface area (Å²) in [4.78, 5) is 4.70. The predicted molar refractivity (Wildman–Crippen MR) is 77.9 cm³/mol. The molecule has 1 N–H and O–H groups in total. The summed E-state index contributed by atoms with van der Waals surface area (Å²) in [6.07, 6.45) is 0. The lowest BCUT2D eigenvalue weighted by Gasteiger charge is -2.44. The third-order valence-corrected chi connectivity index (χ3v) is 3.95. The van der Waals surface area contributed by atoms with Gasteiger partial charge in [-0.15, -0.1) is 0 Å². The summed E-state index contributed by atoms with van der Waals surface area (Å²) in [5.74, 6) is 0.928. The molecule has 0 aliphatic carbocycles. The second-order valence-electron chi connectivity index (χ2n) is 5.62. The minimum atomic E-state index is -0.132. The van der Waals surface area contributed by atoms with Crippen LogP contribution in [0.5, 0.6) is 5.75 Å². The molecular formula is C15H24N2O2. The molecule has 0 amide bonds. The van der Waals surface area contributed by atoms with Gasteiger partial charge in [0.05, 0.1) is 19.4 Å². The molecule has 4 heteroatoms. The lowest BCUT2D eigenvalue weighted by Crippen LogP contribution is -2.56. The van der Waals surface area contributed by atoms with Crippen molar-refractivity contribution in [1.82, 2.24) is 4.90 Å². The average molecular weight is 264 g/mol. The van der Waals surface area contributed by atoms with Gasteiger partial charge in [-0.2, -0.15) is 0 Å². The highest BCUT2D eigenvalue weighted by Crippen LogP contribution is 2.29. The number of hydrogen-bond acceptors (Lipinski definition) is 4. The molecule has 4 nitrogen and oxygen atoms in total. The van der Waals surface area contributed by atoms with Crippen molar-refractivity contribution in [3.05, 3.63) is 24.3 Å². The third-order valence-electron chi connectivity index (χ3n) is 3.95. The number of hydrogen-bond donors (Lipinski definition) is 1. The van der Waals surface area contributed by atoms with E-state index in [2.05, 4.69) is 29.7 Å². The molecule has 0 saturated carbocycles. The summed E-state index contributed by atoms with van der Waals surface area (Å²) < 4.78 is 5.42. The second-order valence-corrected chi connectivity index (χ2v) is 5.62. The van der Waals surface area contributed by atoms with E-state index in [1.165, 1.54) is 0 Å². The van der Waals surface area contributed by atoms with E-state index in [9.17, 15) is 5.11 Å². The first-order valence-corrected chi connectivity index (χ1v) is 6.82. The van der Waals surface area contributed by atoms with Crippen LogP contribution in [0.15, 0.2) is 24.3 Å². The first-order valence-electron chi connectivity index (χ1n) is 6.82. The van der Waals surface area contributed by atoms with Crippen molar-refractivity contribution >= 4 is 5.69 Å². The fourth-order valence-electron chi connectivity index (χ4n) is 2.54. The molecule has 1 aromatic carbocycles. The lowest BCUT2D eigenvalue weighted by atomic mass is 10.0. The highest BCUT2D eigenvalue weighted by Gasteiger charge is 2.29. The maximum absolute atomic E-state index is 9.44. The van der Waals surface area contributed by atoms with Gasteiger partial charge in [0.15, 0.2) is 0 Å². The van der Waals surface area contributed by atoms with E-state index in [1.54, 1.807) is 7.11 Å². The minimum Gasteiger partial charge on any atom is -0.495 e. The monoisotopic (exact) mass is 264 g/mol. The number of rotatable bonds is 4. The number of aliphatic hydroxyl groups is 1. The van der Waals surface area contributed by atoms with Crippen LogP contribution in [0.25, 0.3) is 0 Å².